The summed E-state index contributed by atoms with van der Waals surface area (Å²) in [7, 11) is 0. The molecule has 1 aliphatic rings. The first-order valence-electron chi connectivity index (χ1n) is 9.31. The number of nitrogens with zero attached hydrogens (tertiary/aromatic N) is 4. The third kappa shape index (κ3) is 4.10. The molecular weight excluding hydrogens is 376 g/mol. The number of aromatic nitrogens is 4. The Morgan fingerprint density at radius 2 is 1.75 bits per heavy atom. The van der Waals surface area contributed by atoms with Gasteiger partial charge in [-0.2, -0.15) is 10.2 Å². The molecule has 2 aromatic heterocycles. The first-order chi connectivity index (χ1) is 13.3. The van der Waals surface area contributed by atoms with E-state index in [0.717, 1.165) is 37.1 Å². The molecule has 3 heterocycles. The molecular formula is C20H25ClN6O. The lowest BCUT2D eigenvalue weighted by Crippen LogP contribution is -2.54. The largest absolute Gasteiger partial charge is 0.350 e. The maximum absolute atomic E-state index is 13.2. The van der Waals surface area contributed by atoms with Crippen molar-refractivity contribution in [3.8, 4) is 0 Å². The fraction of sp³-hybridized carbons (Fsp3) is 0.350. The fourth-order valence-electron chi connectivity index (χ4n) is 3.72. The van der Waals surface area contributed by atoms with E-state index in [2.05, 4.69) is 33.0 Å². The Kier molecular flexibility index (Phi) is 6.49. The molecule has 4 rings (SSSR count). The van der Waals surface area contributed by atoms with Crippen LogP contribution in [-0.4, -0.2) is 38.6 Å². The Balaban J connectivity index is 0.00000225. The molecule has 7 nitrogen and oxygen atoms in total. The molecule has 0 unspecified atom stereocenters. The third-order valence-electron chi connectivity index (χ3n) is 5.25. The summed E-state index contributed by atoms with van der Waals surface area (Å²) in [6, 6.07) is 11.9. The van der Waals surface area contributed by atoms with Gasteiger partial charge in [0.15, 0.2) is 0 Å². The molecule has 1 aromatic carbocycles. The highest BCUT2D eigenvalue weighted by atomic mass is 35.5. The van der Waals surface area contributed by atoms with Gasteiger partial charge in [0.1, 0.15) is 5.54 Å². The minimum atomic E-state index is -0.619. The smallest absolute Gasteiger partial charge is 0.248 e. The Bertz CT molecular complexity index is 872. The van der Waals surface area contributed by atoms with Gasteiger partial charge in [-0.15, -0.1) is 12.4 Å². The van der Waals surface area contributed by atoms with Gasteiger partial charge in [0, 0.05) is 31.3 Å². The van der Waals surface area contributed by atoms with E-state index >= 15 is 0 Å². The summed E-state index contributed by atoms with van der Waals surface area (Å²) in [5.74, 6) is 0.0293. The summed E-state index contributed by atoms with van der Waals surface area (Å²) in [6.07, 6.45) is 8.80. The van der Waals surface area contributed by atoms with Crippen molar-refractivity contribution in [2.45, 2.75) is 31.5 Å². The van der Waals surface area contributed by atoms with Crippen molar-refractivity contribution < 1.29 is 4.79 Å². The predicted octanol–water partition coefficient (Wildman–Crippen LogP) is 1.94. The lowest BCUT2D eigenvalue weighted by molar-refractivity contribution is -0.132. The summed E-state index contributed by atoms with van der Waals surface area (Å²) in [4.78, 5) is 13.2. The molecule has 1 amide bonds. The van der Waals surface area contributed by atoms with Crippen LogP contribution < -0.4 is 10.6 Å². The van der Waals surface area contributed by atoms with Crippen molar-refractivity contribution in [3.05, 3.63) is 72.3 Å². The van der Waals surface area contributed by atoms with E-state index in [1.165, 1.54) is 0 Å². The van der Waals surface area contributed by atoms with Crippen molar-refractivity contribution in [2.24, 2.45) is 0 Å². The number of hydrogen-bond acceptors (Lipinski definition) is 4. The minimum absolute atomic E-state index is 0. The van der Waals surface area contributed by atoms with Crippen LogP contribution in [0.4, 0.5) is 0 Å². The molecule has 148 valence electrons. The zero-order valence-corrected chi connectivity index (χ0v) is 16.4. The second kappa shape index (κ2) is 9.03. The standard InChI is InChI=1S/C20H24N6O.ClH/c27-19(20(7-11-21-12-8-20)26-14-4-10-24-26)22-15-17-5-1-2-6-18(17)16-25-13-3-9-23-25;/h1-6,9-10,13-14,21H,7-8,11-12,15-16H2,(H,22,27);1H. The van der Waals surface area contributed by atoms with Gasteiger partial charge in [0.2, 0.25) is 5.91 Å². The monoisotopic (exact) mass is 400 g/mol. The fourth-order valence-corrected chi connectivity index (χ4v) is 3.72. The quantitative estimate of drug-likeness (QED) is 0.663. The van der Waals surface area contributed by atoms with Crippen LogP contribution in [0.3, 0.4) is 0 Å². The van der Waals surface area contributed by atoms with E-state index in [-0.39, 0.29) is 18.3 Å². The predicted molar refractivity (Wildman–Crippen MR) is 109 cm³/mol. The minimum Gasteiger partial charge on any atom is -0.350 e. The number of carbonyl (C=O) groups excluding carboxylic acids is 1. The molecule has 0 saturated carbocycles. The van der Waals surface area contributed by atoms with Crippen LogP contribution in [-0.2, 0) is 23.4 Å². The molecule has 0 bridgehead atoms. The summed E-state index contributed by atoms with van der Waals surface area (Å²) in [5.41, 5.74) is 1.64. The second-order valence-corrected chi connectivity index (χ2v) is 6.89. The number of hydrogen-bond donors (Lipinski definition) is 2. The number of halogens is 1. The van der Waals surface area contributed by atoms with Gasteiger partial charge >= 0.3 is 0 Å². The molecule has 2 N–H and O–H groups in total. The SMILES string of the molecule is Cl.O=C(NCc1ccccc1Cn1cccn1)C1(n2cccn2)CCNCC1. The number of piperidine rings is 1. The molecule has 0 spiro atoms. The van der Waals surface area contributed by atoms with E-state index in [9.17, 15) is 4.79 Å². The van der Waals surface area contributed by atoms with Crippen LogP contribution in [0.1, 0.15) is 24.0 Å². The molecule has 1 aliphatic heterocycles. The number of amides is 1. The lowest BCUT2D eigenvalue weighted by atomic mass is 9.87. The second-order valence-electron chi connectivity index (χ2n) is 6.89. The van der Waals surface area contributed by atoms with Crippen molar-refractivity contribution >= 4 is 18.3 Å². The van der Waals surface area contributed by atoms with Crippen LogP contribution in [0.2, 0.25) is 0 Å². The summed E-state index contributed by atoms with van der Waals surface area (Å²) in [6.45, 7) is 2.80. The first-order valence-corrected chi connectivity index (χ1v) is 9.31. The topological polar surface area (TPSA) is 76.8 Å². The Morgan fingerprint density at radius 3 is 2.43 bits per heavy atom. The molecule has 0 atom stereocenters. The van der Waals surface area contributed by atoms with E-state index in [4.69, 9.17) is 0 Å². The molecule has 1 fully saturated rings. The molecule has 1 saturated heterocycles. The lowest BCUT2D eigenvalue weighted by Gasteiger charge is -2.36. The molecule has 0 aliphatic carbocycles. The van der Waals surface area contributed by atoms with Gasteiger partial charge in [0.05, 0.1) is 6.54 Å². The molecule has 3 aromatic rings. The average molecular weight is 401 g/mol. The van der Waals surface area contributed by atoms with Gasteiger partial charge in [-0.1, -0.05) is 24.3 Å². The zero-order valence-electron chi connectivity index (χ0n) is 15.6. The van der Waals surface area contributed by atoms with Gasteiger partial charge in [-0.3, -0.25) is 14.2 Å². The Morgan fingerprint density at radius 1 is 1.04 bits per heavy atom. The van der Waals surface area contributed by atoms with E-state index < -0.39 is 5.54 Å². The van der Waals surface area contributed by atoms with Crippen molar-refractivity contribution in [1.29, 1.82) is 0 Å². The summed E-state index contributed by atoms with van der Waals surface area (Å²) < 4.78 is 3.71. The summed E-state index contributed by atoms with van der Waals surface area (Å²) >= 11 is 0. The first kappa shape index (κ1) is 20.1. The van der Waals surface area contributed by atoms with Gasteiger partial charge in [0.25, 0.3) is 0 Å². The maximum Gasteiger partial charge on any atom is 0.248 e. The highest BCUT2D eigenvalue weighted by Gasteiger charge is 2.41. The van der Waals surface area contributed by atoms with E-state index in [1.807, 2.05) is 46.0 Å². The normalized spacial score (nSPS) is 15.6. The maximum atomic E-state index is 13.2. The number of rotatable bonds is 6. The van der Waals surface area contributed by atoms with Crippen LogP contribution in [0.15, 0.2) is 61.2 Å². The van der Waals surface area contributed by atoms with Crippen molar-refractivity contribution in [1.82, 2.24) is 30.2 Å². The van der Waals surface area contributed by atoms with Crippen molar-refractivity contribution in [2.75, 3.05) is 13.1 Å². The highest BCUT2D eigenvalue weighted by Crippen LogP contribution is 2.27. The molecule has 0 radical (unpaired) electrons. The van der Waals surface area contributed by atoms with Crippen LogP contribution >= 0.6 is 12.4 Å². The van der Waals surface area contributed by atoms with E-state index in [1.54, 1.807) is 12.4 Å². The number of benzene rings is 1. The van der Waals surface area contributed by atoms with Gasteiger partial charge in [-0.05, 0) is 49.2 Å². The van der Waals surface area contributed by atoms with Crippen LogP contribution in [0.25, 0.3) is 0 Å². The van der Waals surface area contributed by atoms with Crippen LogP contribution in [0.5, 0.6) is 0 Å². The number of nitrogens with one attached hydrogen (secondary N) is 2. The number of carbonyl (C=O) groups is 1. The third-order valence-corrected chi connectivity index (χ3v) is 5.25. The molecule has 8 heteroatoms. The van der Waals surface area contributed by atoms with Gasteiger partial charge < -0.3 is 10.6 Å². The van der Waals surface area contributed by atoms with Crippen LogP contribution in [0, 0.1) is 0 Å². The molecule has 28 heavy (non-hydrogen) atoms. The summed E-state index contributed by atoms with van der Waals surface area (Å²) in [5, 5.41) is 15.1. The average Bonchev–Trinajstić information content (AvgIpc) is 3.42. The Labute approximate surface area is 170 Å². The highest BCUT2D eigenvalue weighted by molar-refractivity contribution is 5.85. The zero-order chi connectivity index (χ0) is 18.5. The van der Waals surface area contributed by atoms with E-state index in [0.29, 0.717) is 13.1 Å². The Hall–Kier alpha value is -2.64. The van der Waals surface area contributed by atoms with Gasteiger partial charge in [-0.25, -0.2) is 0 Å². The van der Waals surface area contributed by atoms with Crippen molar-refractivity contribution in [3.63, 3.8) is 0 Å².